The molecule has 0 fully saturated rings. The van der Waals surface area contributed by atoms with Crippen LogP contribution in [0.25, 0.3) is 0 Å². The monoisotopic (exact) mass is 469 g/mol. The summed E-state index contributed by atoms with van der Waals surface area (Å²) >= 11 is 0. The van der Waals surface area contributed by atoms with E-state index in [1.54, 1.807) is 62.6 Å². The Labute approximate surface area is 194 Å². The molecule has 1 heterocycles. The summed E-state index contributed by atoms with van der Waals surface area (Å²) in [4.78, 5) is 17.1. The summed E-state index contributed by atoms with van der Waals surface area (Å²) < 4.78 is 39.2. The van der Waals surface area contributed by atoms with E-state index in [0.717, 1.165) is 5.56 Å². The van der Waals surface area contributed by atoms with Gasteiger partial charge in [-0.25, -0.2) is 8.42 Å². The maximum atomic E-state index is 13.0. The van der Waals surface area contributed by atoms with E-state index in [9.17, 15) is 13.2 Å². The molecule has 8 nitrogen and oxygen atoms in total. The number of methoxy groups -OCH3 is 1. The summed E-state index contributed by atoms with van der Waals surface area (Å²) in [5, 5.41) is 2.78. The number of nitrogens with zero attached hydrogens (tertiary/aromatic N) is 1. The molecule has 1 aromatic heterocycles. The van der Waals surface area contributed by atoms with E-state index in [2.05, 4.69) is 15.0 Å². The number of ether oxygens (including phenoxy) is 2. The van der Waals surface area contributed by atoms with Gasteiger partial charge in [0.25, 0.3) is 0 Å². The molecule has 3 aromatic rings. The lowest BCUT2D eigenvalue weighted by molar-refractivity contribution is -0.118. The molecule has 1 unspecified atom stereocenters. The standard InChI is InChI=1S/C24H27N3O5S/c1-17(2)23(27-33(29,30)20-7-5-4-6-8-20)24(28)26-19-9-10-21(31-3)22(15-19)32-16-18-11-13-25-14-12-18/h4-15,17,23,27H,16H2,1-3H3,(H,26,28). The molecule has 2 aromatic carbocycles. The predicted octanol–water partition coefficient (Wildman–Crippen LogP) is 3.61. The van der Waals surface area contributed by atoms with Crippen LogP contribution in [0.1, 0.15) is 19.4 Å². The second-order valence-corrected chi connectivity index (χ2v) is 9.37. The van der Waals surface area contributed by atoms with Gasteiger partial charge in [-0.3, -0.25) is 9.78 Å². The third kappa shape index (κ3) is 6.53. The highest BCUT2D eigenvalue weighted by Gasteiger charge is 2.28. The van der Waals surface area contributed by atoms with Crippen LogP contribution in [0, 0.1) is 5.92 Å². The zero-order chi connectivity index (χ0) is 23.8. The second kappa shape index (κ2) is 10.9. The molecule has 33 heavy (non-hydrogen) atoms. The predicted molar refractivity (Wildman–Crippen MR) is 126 cm³/mol. The lowest BCUT2D eigenvalue weighted by Crippen LogP contribution is -2.47. The SMILES string of the molecule is COc1ccc(NC(=O)C(NS(=O)(=O)c2ccccc2)C(C)C)cc1OCc1ccncc1. The first-order valence-corrected chi connectivity index (χ1v) is 11.9. The van der Waals surface area contributed by atoms with Crippen molar-refractivity contribution < 1.29 is 22.7 Å². The first kappa shape index (κ1) is 24.2. The molecule has 0 saturated carbocycles. The molecule has 0 aliphatic rings. The Hall–Kier alpha value is -3.43. The third-order valence-corrected chi connectivity index (χ3v) is 6.32. The number of rotatable bonds is 10. The van der Waals surface area contributed by atoms with Crippen molar-refractivity contribution >= 4 is 21.6 Å². The van der Waals surface area contributed by atoms with Gasteiger partial charge in [0.05, 0.1) is 12.0 Å². The number of aromatic nitrogens is 1. The molecular weight excluding hydrogens is 442 g/mol. The highest BCUT2D eigenvalue weighted by Crippen LogP contribution is 2.31. The van der Waals surface area contributed by atoms with E-state index in [1.807, 2.05) is 12.1 Å². The minimum Gasteiger partial charge on any atom is -0.493 e. The van der Waals surface area contributed by atoms with Crippen molar-refractivity contribution in [2.45, 2.75) is 31.4 Å². The van der Waals surface area contributed by atoms with Gasteiger partial charge in [0.1, 0.15) is 12.6 Å². The van der Waals surface area contributed by atoms with Gasteiger partial charge in [-0.1, -0.05) is 32.0 Å². The van der Waals surface area contributed by atoms with E-state index < -0.39 is 22.0 Å². The van der Waals surface area contributed by atoms with Crippen LogP contribution in [-0.2, 0) is 21.4 Å². The maximum absolute atomic E-state index is 13.0. The fraction of sp³-hybridized carbons (Fsp3) is 0.250. The second-order valence-electron chi connectivity index (χ2n) is 7.66. The van der Waals surface area contributed by atoms with Crippen molar-refractivity contribution in [3.63, 3.8) is 0 Å². The van der Waals surface area contributed by atoms with E-state index in [4.69, 9.17) is 9.47 Å². The van der Waals surface area contributed by atoms with Crippen molar-refractivity contribution in [2.24, 2.45) is 5.92 Å². The van der Waals surface area contributed by atoms with E-state index in [0.29, 0.717) is 23.8 Å². The summed E-state index contributed by atoms with van der Waals surface area (Å²) in [7, 11) is -2.33. The number of benzene rings is 2. The lowest BCUT2D eigenvalue weighted by atomic mass is 10.0. The number of amides is 1. The van der Waals surface area contributed by atoms with Crippen molar-refractivity contribution in [1.82, 2.24) is 9.71 Å². The molecule has 0 radical (unpaired) electrons. The summed E-state index contributed by atoms with van der Waals surface area (Å²) in [6.45, 7) is 3.84. The topological polar surface area (TPSA) is 107 Å². The largest absolute Gasteiger partial charge is 0.493 e. The Morgan fingerprint density at radius 3 is 2.33 bits per heavy atom. The normalized spacial score (nSPS) is 12.2. The van der Waals surface area contributed by atoms with Gasteiger partial charge in [0.15, 0.2) is 11.5 Å². The number of hydrogen-bond donors (Lipinski definition) is 2. The molecule has 1 atom stereocenters. The Kier molecular flexibility index (Phi) is 8.02. The van der Waals surface area contributed by atoms with E-state index >= 15 is 0 Å². The van der Waals surface area contributed by atoms with Gasteiger partial charge in [-0.2, -0.15) is 4.72 Å². The average Bonchev–Trinajstić information content (AvgIpc) is 2.82. The summed E-state index contributed by atoms with van der Waals surface area (Å²) in [6, 6.07) is 15.6. The lowest BCUT2D eigenvalue weighted by Gasteiger charge is -2.22. The number of anilines is 1. The highest BCUT2D eigenvalue weighted by molar-refractivity contribution is 7.89. The minimum absolute atomic E-state index is 0.0969. The molecule has 1 amide bonds. The average molecular weight is 470 g/mol. The van der Waals surface area contributed by atoms with Crippen LogP contribution in [0.5, 0.6) is 11.5 Å². The number of nitrogens with one attached hydrogen (secondary N) is 2. The van der Waals surface area contributed by atoms with Crippen molar-refractivity contribution in [3.8, 4) is 11.5 Å². The van der Waals surface area contributed by atoms with Gasteiger partial charge in [0, 0.05) is 24.1 Å². The van der Waals surface area contributed by atoms with Gasteiger partial charge in [0.2, 0.25) is 15.9 Å². The molecule has 9 heteroatoms. The fourth-order valence-electron chi connectivity index (χ4n) is 3.05. The summed E-state index contributed by atoms with van der Waals surface area (Å²) in [5.41, 5.74) is 1.38. The molecule has 0 aliphatic heterocycles. The highest BCUT2D eigenvalue weighted by atomic mass is 32.2. The van der Waals surface area contributed by atoms with Crippen LogP contribution in [0.3, 0.4) is 0 Å². The molecule has 2 N–H and O–H groups in total. The number of carbonyl (C=O) groups is 1. The van der Waals surface area contributed by atoms with Crippen LogP contribution in [0.4, 0.5) is 5.69 Å². The smallest absolute Gasteiger partial charge is 0.242 e. The van der Waals surface area contributed by atoms with Crippen LogP contribution >= 0.6 is 0 Å². The first-order valence-electron chi connectivity index (χ1n) is 10.4. The van der Waals surface area contributed by atoms with Gasteiger partial charge in [-0.05, 0) is 47.9 Å². The number of hydrogen-bond acceptors (Lipinski definition) is 6. The zero-order valence-corrected chi connectivity index (χ0v) is 19.5. The van der Waals surface area contributed by atoms with Crippen LogP contribution in [-0.4, -0.2) is 32.5 Å². The first-order chi connectivity index (χ1) is 15.8. The van der Waals surface area contributed by atoms with E-state index in [1.165, 1.54) is 19.2 Å². The van der Waals surface area contributed by atoms with Crippen LogP contribution in [0.2, 0.25) is 0 Å². The molecular formula is C24H27N3O5S. The number of pyridine rings is 1. The summed E-state index contributed by atoms with van der Waals surface area (Å²) in [6.07, 6.45) is 3.35. The Morgan fingerprint density at radius 1 is 1.00 bits per heavy atom. The molecule has 174 valence electrons. The number of sulfonamides is 1. The molecule has 3 rings (SSSR count). The third-order valence-electron chi connectivity index (χ3n) is 4.86. The number of carbonyl (C=O) groups excluding carboxylic acids is 1. The maximum Gasteiger partial charge on any atom is 0.242 e. The molecule has 0 saturated heterocycles. The molecule has 0 bridgehead atoms. The van der Waals surface area contributed by atoms with Gasteiger partial charge < -0.3 is 14.8 Å². The van der Waals surface area contributed by atoms with Crippen LogP contribution < -0.4 is 19.5 Å². The Bertz CT molecular complexity index is 1170. The molecule has 0 spiro atoms. The van der Waals surface area contributed by atoms with E-state index in [-0.39, 0.29) is 10.8 Å². The van der Waals surface area contributed by atoms with Crippen molar-refractivity contribution in [3.05, 3.63) is 78.6 Å². The van der Waals surface area contributed by atoms with Crippen molar-refractivity contribution in [1.29, 1.82) is 0 Å². The minimum atomic E-state index is -3.86. The Morgan fingerprint density at radius 2 is 1.70 bits per heavy atom. The van der Waals surface area contributed by atoms with Crippen molar-refractivity contribution in [2.75, 3.05) is 12.4 Å². The van der Waals surface area contributed by atoms with Gasteiger partial charge in [-0.15, -0.1) is 0 Å². The summed E-state index contributed by atoms with van der Waals surface area (Å²) in [5.74, 6) is 0.184. The zero-order valence-electron chi connectivity index (χ0n) is 18.7. The quantitative estimate of drug-likeness (QED) is 0.470. The van der Waals surface area contributed by atoms with Crippen LogP contribution in [0.15, 0.2) is 78.0 Å². The fourth-order valence-corrected chi connectivity index (χ4v) is 4.42. The molecule has 0 aliphatic carbocycles. The van der Waals surface area contributed by atoms with Gasteiger partial charge >= 0.3 is 0 Å². The Balaban J connectivity index is 1.75.